The Labute approximate surface area is 156 Å². The van der Waals surface area contributed by atoms with Gasteiger partial charge in [-0.1, -0.05) is 0 Å². The largest absolute Gasteiger partial charge is 0.309 e. The number of carbonyl (C=O) groups excluding carboxylic acids is 2. The van der Waals surface area contributed by atoms with Crippen molar-refractivity contribution in [2.45, 2.75) is 31.2 Å². The van der Waals surface area contributed by atoms with Crippen LogP contribution in [-0.4, -0.2) is 26.3 Å². The van der Waals surface area contributed by atoms with Gasteiger partial charge in [0.15, 0.2) is 0 Å². The summed E-state index contributed by atoms with van der Waals surface area (Å²) < 4.78 is 37.8. The van der Waals surface area contributed by atoms with Gasteiger partial charge in [0.1, 0.15) is 5.82 Å². The molecule has 0 bridgehead atoms. The topological polar surface area (TPSA) is 95.6 Å². The van der Waals surface area contributed by atoms with Crippen LogP contribution in [0.1, 0.15) is 29.8 Å². The van der Waals surface area contributed by atoms with Crippen molar-refractivity contribution in [3.63, 3.8) is 0 Å². The number of nitrogens with zero attached hydrogens (tertiary/aromatic N) is 1. The maximum absolute atomic E-state index is 12.9. The van der Waals surface area contributed by atoms with E-state index in [1.165, 1.54) is 31.2 Å². The minimum Gasteiger partial charge on any atom is -0.309 e. The second-order valence-electron chi connectivity index (χ2n) is 6.30. The van der Waals surface area contributed by atoms with E-state index in [1.54, 1.807) is 11.0 Å². The number of halogens is 1. The molecule has 2 N–H and O–H groups in total. The summed E-state index contributed by atoms with van der Waals surface area (Å²) in [5, 5.41) is 0. The fourth-order valence-corrected chi connectivity index (χ4v) is 3.99. The van der Waals surface area contributed by atoms with Crippen molar-refractivity contribution in [3.05, 3.63) is 59.4 Å². The molecule has 2 aromatic rings. The molecule has 142 valence electrons. The Morgan fingerprint density at radius 2 is 1.81 bits per heavy atom. The molecule has 9 heteroatoms. The van der Waals surface area contributed by atoms with Crippen LogP contribution in [0.2, 0.25) is 0 Å². The van der Waals surface area contributed by atoms with Gasteiger partial charge in [0.25, 0.3) is 15.9 Å². The van der Waals surface area contributed by atoms with Crippen LogP contribution in [0.4, 0.5) is 10.1 Å². The second kappa shape index (κ2) is 7.09. The number of anilines is 1. The van der Waals surface area contributed by atoms with Gasteiger partial charge in [-0.3, -0.25) is 15.0 Å². The smallest absolute Gasteiger partial charge is 0.266 e. The number of rotatable bonds is 4. The van der Waals surface area contributed by atoms with E-state index in [1.807, 2.05) is 11.8 Å². The minimum atomic E-state index is -4.01. The number of carbonyl (C=O) groups is 2. The van der Waals surface area contributed by atoms with Crippen LogP contribution in [0.5, 0.6) is 0 Å². The Kier molecular flexibility index (Phi) is 4.99. The zero-order valence-corrected chi connectivity index (χ0v) is 15.5. The SMILES string of the molecule is CC(=O)N1c2ccc(S(=O)(=O)NNC(=O)c3ccc(F)cc3)cc2CC1C. The van der Waals surface area contributed by atoms with Crippen molar-refractivity contribution in [2.24, 2.45) is 0 Å². The maximum atomic E-state index is 12.9. The van der Waals surface area contributed by atoms with Gasteiger partial charge < -0.3 is 4.90 Å². The summed E-state index contributed by atoms with van der Waals surface area (Å²) >= 11 is 0. The number of hydrogen-bond acceptors (Lipinski definition) is 4. The Morgan fingerprint density at radius 3 is 2.44 bits per heavy atom. The lowest BCUT2D eigenvalue weighted by molar-refractivity contribution is -0.116. The molecule has 0 spiro atoms. The number of fused-ring (bicyclic) bond motifs is 1. The standard InChI is InChI=1S/C18H18FN3O4S/c1-11-9-14-10-16(7-8-17(14)22(11)12(2)23)27(25,26)21-20-18(24)13-3-5-15(19)6-4-13/h3-8,10-11,21H,9H2,1-2H3,(H,20,24). The summed E-state index contributed by atoms with van der Waals surface area (Å²) in [6.07, 6.45) is 0.542. The Balaban J connectivity index is 1.76. The molecule has 1 atom stereocenters. The highest BCUT2D eigenvalue weighted by Crippen LogP contribution is 2.33. The monoisotopic (exact) mass is 391 g/mol. The molecule has 2 aromatic carbocycles. The van der Waals surface area contributed by atoms with Crippen molar-refractivity contribution in [3.8, 4) is 0 Å². The van der Waals surface area contributed by atoms with Gasteiger partial charge in [-0.2, -0.15) is 0 Å². The van der Waals surface area contributed by atoms with Gasteiger partial charge in [0, 0.05) is 24.2 Å². The number of hydrazine groups is 1. The fraction of sp³-hybridized carbons (Fsp3) is 0.222. The molecule has 0 saturated heterocycles. The first-order valence-corrected chi connectivity index (χ1v) is 9.68. The summed E-state index contributed by atoms with van der Waals surface area (Å²) in [7, 11) is -4.01. The third-order valence-electron chi connectivity index (χ3n) is 4.32. The van der Waals surface area contributed by atoms with Gasteiger partial charge in [-0.25, -0.2) is 12.8 Å². The minimum absolute atomic E-state index is 0.0294. The summed E-state index contributed by atoms with van der Waals surface area (Å²) in [5.74, 6) is -1.32. The van der Waals surface area contributed by atoms with Crippen LogP contribution in [0, 0.1) is 5.82 Å². The van der Waals surface area contributed by atoms with Crippen LogP contribution < -0.4 is 15.2 Å². The van der Waals surface area contributed by atoms with E-state index in [0.29, 0.717) is 12.1 Å². The number of benzene rings is 2. The number of nitrogens with one attached hydrogen (secondary N) is 2. The summed E-state index contributed by atoms with van der Waals surface area (Å²) in [6.45, 7) is 3.35. The van der Waals surface area contributed by atoms with E-state index < -0.39 is 21.7 Å². The Bertz CT molecular complexity index is 1010. The first-order chi connectivity index (χ1) is 12.7. The lowest BCUT2D eigenvalue weighted by Gasteiger charge is -2.20. The molecule has 27 heavy (non-hydrogen) atoms. The molecule has 2 amide bonds. The maximum Gasteiger partial charge on any atom is 0.266 e. The average molecular weight is 391 g/mol. The van der Waals surface area contributed by atoms with E-state index in [-0.39, 0.29) is 22.4 Å². The van der Waals surface area contributed by atoms with E-state index in [2.05, 4.69) is 5.43 Å². The highest BCUT2D eigenvalue weighted by Gasteiger charge is 2.30. The highest BCUT2D eigenvalue weighted by atomic mass is 32.2. The molecule has 0 fully saturated rings. The van der Waals surface area contributed by atoms with Crippen LogP contribution in [-0.2, 0) is 21.2 Å². The quantitative estimate of drug-likeness (QED) is 0.776. The number of amides is 2. The first kappa shape index (κ1) is 19.0. The third-order valence-corrected chi connectivity index (χ3v) is 5.57. The zero-order chi connectivity index (χ0) is 19.8. The molecule has 1 aliphatic rings. The molecular formula is C18H18FN3O4S. The van der Waals surface area contributed by atoms with E-state index in [0.717, 1.165) is 17.7 Å². The van der Waals surface area contributed by atoms with Crippen molar-refractivity contribution >= 4 is 27.5 Å². The predicted molar refractivity (Wildman–Crippen MR) is 97.0 cm³/mol. The van der Waals surface area contributed by atoms with Gasteiger partial charge in [-0.05, 0) is 61.4 Å². The molecule has 0 radical (unpaired) electrons. The van der Waals surface area contributed by atoms with E-state index in [9.17, 15) is 22.4 Å². The lowest BCUT2D eigenvalue weighted by Crippen LogP contribution is -2.41. The summed E-state index contributed by atoms with van der Waals surface area (Å²) in [5.41, 5.74) is 3.63. The summed E-state index contributed by atoms with van der Waals surface area (Å²) in [4.78, 5) is 27.4. The van der Waals surface area contributed by atoms with Crippen molar-refractivity contribution in [1.82, 2.24) is 10.3 Å². The van der Waals surface area contributed by atoms with Crippen molar-refractivity contribution in [1.29, 1.82) is 0 Å². The van der Waals surface area contributed by atoms with Crippen molar-refractivity contribution in [2.75, 3.05) is 4.90 Å². The lowest BCUT2D eigenvalue weighted by atomic mass is 10.1. The molecule has 7 nitrogen and oxygen atoms in total. The molecule has 3 rings (SSSR count). The normalized spacial score (nSPS) is 16.1. The average Bonchev–Trinajstić information content (AvgIpc) is 2.95. The second-order valence-corrected chi connectivity index (χ2v) is 7.98. The molecule has 0 aliphatic carbocycles. The highest BCUT2D eigenvalue weighted by molar-refractivity contribution is 7.89. The summed E-state index contributed by atoms with van der Waals surface area (Å²) in [6, 6.07) is 9.08. The molecule has 1 aliphatic heterocycles. The van der Waals surface area contributed by atoms with Crippen LogP contribution in [0.15, 0.2) is 47.4 Å². The van der Waals surface area contributed by atoms with Crippen molar-refractivity contribution < 1.29 is 22.4 Å². The molecule has 0 aromatic heterocycles. The molecule has 1 heterocycles. The van der Waals surface area contributed by atoms with E-state index >= 15 is 0 Å². The molecular weight excluding hydrogens is 373 g/mol. The van der Waals surface area contributed by atoms with Gasteiger partial charge in [0.2, 0.25) is 5.91 Å². The van der Waals surface area contributed by atoms with Crippen LogP contribution in [0.3, 0.4) is 0 Å². The van der Waals surface area contributed by atoms with Crippen LogP contribution in [0.25, 0.3) is 0 Å². The first-order valence-electron chi connectivity index (χ1n) is 8.19. The zero-order valence-electron chi connectivity index (χ0n) is 14.7. The van der Waals surface area contributed by atoms with Crippen LogP contribution >= 0.6 is 0 Å². The molecule has 1 unspecified atom stereocenters. The van der Waals surface area contributed by atoms with Gasteiger partial charge in [0.05, 0.1) is 4.90 Å². The predicted octanol–water partition coefficient (Wildman–Crippen LogP) is 1.75. The Morgan fingerprint density at radius 1 is 1.15 bits per heavy atom. The van der Waals surface area contributed by atoms with E-state index in [4.69, 9.17) is 0 Å². The van der Waals surface area contributed by atoms with Gasteiger partial charge in [-0.15, -0.1) is 4.83 Å². The Hall–Kier alpha value is -2.78. The van der Waals surface area contributed by atoms with Gasteiger partial charge >= 0.3 is 0 Å². The number of sulfonamides is 1. The fourth-order valence-electron chi connectivity index (χ4n) is 3.10. The third kappa shape index (κ3) is 3.83. The number of hydrogen-bond donors (Lipinski definition) is 2. The molecule has 0 saturated carbocycles.